The van der Waals surface area contributed by atoms with Gasteiger partial charge in [-0.05, 0) is 13.3 Å². The Labute approximate surface area is 105 Å². The SMILES string of the molecule is CCc1cnc(C)nc1NCCc1nc(N)n[nH]1. The number of hydrogen-bond acceptors (Lipinski definition) is 6. The van der Waals surface area contributed by atoms with Gasteiger partial charge in [0.1, 0.15) is 17.5 Å². The Balaban J connectivity index is 1.95. The molecule has 0 aliphatic carbocycles. The van der Waals surface area contributed by atoms with E-state index in [4.69, 9.17) is 5.73 Å². The summed E-state index contributed by atoms with van der Waals surface area (Å²) in [6, 6.07) is 0. The zero-order valence-corrected chi connectivity index (χ0v) is 10.6. The molecule has 0 fully saturated rings. The average Bonchev–Trinajstić information content (AvgIpc) is 2.75. The first kappa shape index (κ1) is 12.3. The predicted molar refractivity (Wildman–Crippen MR) is 69.1 cm³/mol. The van der Waals surface area contributed by atoms with Gasteiger partial charge >= 0.3 is 0 Å². The molecule has 0 aliphatic heterocycles. The fourth-order valence-corrected chi connectivity index (χ4v) is 1.63. The molecule has 0 radical (unpaired) electrons. The maximum Gasteiger partial charge on any atom is 0.239 e. The zero-order valence-electron chi connectivity index (χ0n) is 10.6. The number of nitrogen functional groups attached to an aromatic ring is 1. The minimum absolute atomic E-state index is 0.275. The minimum atomic E-state index is 0.275. The molecule has 0 saturated heterocycles. The Kier molecular flexibility index (Phi) is 3.71. The normalized spacial score (nSPS) is 10.6. The third kappa shape index (κ3) is 2.93. The Morgan fingerprint density at radius 1 is 1.39 bits per heavy atom. The van der Waals surface area contributed by atoms with Crippen LogP contribution in [0.3, 0.4) is 0 Å². The second-order valence-electron chi connectivity index (χ2n) is 3.96. The number of aromatic nitrogens is 5. The third-order valence-electron chi connectivity index (χ3n) is 2.57. The van der Waals surface area contributed by atoms with E-state index >= 15 is 0 Å². The summed E-state index contributed by atoms with van der Waals surface area (Å²) in [5.41, 5.74) is 6.54. The lowest BCUT2D eigenvalue weighted by molar-refractivity contribution is 0.886. The molecular formula is C11H17N7. The first-order chi connectivity index (χ1) is 8.69. The number of rotatable bonds is 5. The highest BCUT2D eigenvalue weighted by Crippen LogP contribution is 2.11. The van der Waals surface area contributed by atoms with Crippen molar-refractivity contribution in [1.29, 1.82) is 0 Å². The van der Waals surface area contributed by atoms with Gasteiger partial charge in [0.25, 0.3) is 0 Å². The van der Waals surface area contributed by atoms with Crippen LogP contribution < -0.4 is 11.1 Å². The van der Waals surface area contributed by atoms with E-state index in [1.807, 2.05) is 13.1 Å². The lowest BCUT2D eigenvalue weighted by Crippen LogP contribution is -2.10. The van der Waals surface area contributed by atoms with Crippen LogP contribution in [0.25, 0.3) is 0 Å². The Morgan fingerprint density at radius 2 is 2.22 bits per heavy atom. The molecule has 2 heterocycles. The average molecular weight is 247 g/mol. The fraction of sp³-hybridized carbons (Fsp3) is 0.455. The van der Waals surface area contributed by atoms with Gasteiger partial charge in [-0.1, -0.05) is 6.92 Å². The molecule has 0 amide bonds. The van der Waals surface area contributed by atoms with E-state index in [1.54, 1.807) is 0 Å². The van der Waals surface area contributed by atoms with E-state index in [0.29, 0.717) is 0 Å². The quantitative estimate of drug-likeness (QED) is 0.718. The molecule has 0 bridgehead atoms. The molecule has 0 saturated carbocycles. The van der Waals surface area contributed by atoms with Gasteiger partial charge in [-0.25, -0.2) is 9.97 Å². The summed E-state index contributed by atoms with van der Waals surface area (Å²) in [4.78, 5) is 12.6. The number of nitrogens with two attached hydrogens (primary N) is 1. The third-order valence-corrected chi connectivity index (χ3v) is 2.57. The largest absolute Gasteiger partial charge is 0.369 e. The maximum absolute atomic E-state index is 5.43. The fourth-order valence-electron chi connectivity index (χ4n) is 1.63. The number of anilines is 2. The van der Waals surface area contributed by atoms with Crippen LogP contribution in [-0.4, -0.2) is 31.7 Å². The molecule has 18 heavy (non-hydrogen) atoms. The van der Waals surface area contributed by atoms with Gasteiger partial charge in [-0.15, -0.1) is 5.10 Å². The topological polar surface area (TPSA) is 105 Å². The van der Waals surface area contributed by atoms with Crippen molar-refractivity contribution in [2.75, 3.05) is 17.6 Å². The molecular weight excluding hydrogens is 230 g/mol. The van der Waals surface area contributed by atoms with E-state index in [2.05, 4.69) is 37.4 Å². The van der Waals surface area contributed by atoms with Crippen LogP contribution in [0.15, 0.2) is 6.20 Å². The maximum atomic E-state index is 5.43. The standard InChI is InChI=1S/C11H17N7/c1-3-8-6-14-7(2)15-10(8)13-5-4-9-16-11(12)18-17-9/h6H,3-5H2,1-2H3,(H,13,14,15)(H3,12,16,17,18). The van der Waals surface area contributed by atoms with Crippen LogP contribution >= 0.6 is 0 Å². The Hall–Kier alpha value is -2.18. The van der Waals surface area contributed by atoms with Crippen molar-refractivity contribution in [3.8, 4) is 0 Å². The van der Waals surface area contributed by atoms with Gasteiger partial charge in [0.05, 0.1) is 0 Å². The first-order valence-corrected chi connectivity index (χ1v) is 5.92. The lowest BCUT2D eigenvalue weighted by Gasteiger charge is -2.09. The molecule has 2 aromatic heterocycles. The smallest absolute Gasteiger partial charge is 0.239 e. The summed E-state index contributed by atoms with van der Waals surface area (Å²) < 4.78 is 0. The van der Waals surface area contributed by atoms with E-state index in [1.165, 1.54) is 0 Å². The van der Waals surface area contributed by atoms with Crippen molar-refractivity contribution < 1.29 is 0 Å². The molecule has 2 aromatic rings. The highest BCUT2D eigenvalue weighted by atomic mass is 15.3. The Bertz CT molecular complexity index is 520. The van der Waals surface area contributed by atoms with Crippen LogP contribution in [0.5, 0.6) is 0 Å². The predicted octanol–water partition coefficient (Wildman–Crippen LogP) is 0.702. The minimum Gasteiger partial charge on any atom is -0.369 e. The van der Waals surface area contributed by atoms with Gasteiger partial charge in [-0.3, -0.25) is 5.10 Å². The van der Waals surface area contributed by atoms with Crippen LogP contribution in [0.1, 0.15) is 24.1 Å². The van der Waals surface area contributed by atoms with E-state index < -0.39 is 0 Å². The van der Waals surface area contributed by atoms with Crippen LogP contribution in [0, 0.1) is 6.92 Å². The number of aromatic amines is 1. The van der Waals surface area contributed by atoms with Crippen molar-refractivity contribution >= 4 is 11.8 Å². The van der Waals surface area contributed by atoms with Crippen molar-refractivity contribution in [3.05, 3.63) is 23.4 Å². The molecule has 7 nitrogen and oxygen atoms in total. The van der Waals surface area contributed by atoms with E-state index in [0.717, 1.165) is 42.4 Å². The number of hydrogen-bond donors (Lipinski definition) is 3. The number of nitrogens with zero attached hydrogens (tertiary/aromatic N) is 4. The molecule has 96 valence electrons. The summed E-state index contributed by atoms with van der Waals surface area (Å²) >= 11 is 0. The van der Waals surface area contributed by atoms with Gasteiger partial charge < -0.3 is 11.1 Å². The highest BCUT2D eigenvalue weighted by Gasteiger charge is 2.04. The molecule has 7 heteroatoms. The monoisotopic (exact) mass is 247 g/mol. The van der Waals surface area contributed by atoms with Crippen LogP contribution in [0.4, 0.5) is 11.8 Å². The summed E-state index contributed by atoms with van der Waals surface area (Å²) in [6.07, 6.45) is 3.48. The molecule has 0 spiro atoms. The molecule has 2 rings (SSSR count). The molecule has 4 N–H and O–H groups in total. The van der Waals surface area contributed by atoms with E-state index in [-0.39, 0.29) is 5.95 Å². The zero-order chi connectivity index (χ0) is 13.0. The molecule has 0 aliphatic rings. The summed E-state index contributed by atoms with van der Waals surface area (Å²) in [6.45, 7) is 4.68. The van der Waals surface area contributed by atoms with Gasteiger partial charge in [0, 0.05) is 24.7 Å². The molecule has 0 aromatic carbocycles. The molecule has 0 atom stereocenters. The second kappa shape index (κ2) is 5.44. The summed E-state index contributed by atoms with van der Waals surface area (Å²) in [5.74, 6) is 2.69. The van der Waals surface area contributed by atoms with E-state index in [9.17, 15) is 0 Å². The van der Waals surface area contributed by atoms with Crippen molar-refractivity contribution in [3.63, 3.8) is 0 Å². The molecule has 0 unspecified atom stereocenters. The highest BCUT2D eigenvalue weighted by molar-refractivity contribution is 5.42. The summed E-state index contributed by atoms with van der Waals surface area (Å²) in [5, 5.41) is 9.83. The number of aryl methyl sites for hydroxylation is 2. The van der Waals surface area contributed by atoms with Gasteiger partial charge in [0.2, 0.25) is 5.95 Å². The van der Waals surface area contributed by atoms with Gasteiger partial charge in [0.15, 0.2) is 0 Å². The number of nitrogens with one attached hydrogen (secondary N) is 2. The van der Waals surface area contributed by atoms with Crippen molar-refractivity contribution in [1.82, 2.24) is 25.1 Å². The van der Waals surface area contributed by atoms with Gasteiger partial charge in [-0.2, -0.15) is 4.98 Å². The summed E-state index contributed by atoms with van der Waals surface area (Å²) in [7, 11) is 0. The van der Waals surface area contributed by atoms with Crippen molar-refractivity contribution in [2.45, 2.75) is 26.7 Å². The Morgan fingerprint density at radius 3 is 2.89 bits per heavy atom. The van der Waals surface area contributed by atoms with Crippen molar-refractivity contribution in [2.24, 2.45) is 0 Å². The number of H-pyrrole nitrogens is 1. The van der Waals surface area contributed by atoms with Crippen LogP contribution in [-0.2, 0) is 12.8 Å². The lowest BCUT2D eigenvalue weighted by atomic mass is 10.2. The second-order valence-corrected chi connectivity index (χ2v) is 3.96. The first-order valence-electron chi connectivity index (χ1n) is 5.92. The van der Waals surface area contributed by atoms with Crippen LogP contribution in [0.2, 0.25) is 0 Å².